The van der Waals surface area contributed by atoms with E-state index in [1.165, 1.54) is 11.1 Å². The average Bonchev–Trinajstić information content (AvgIpc) is 2.93. The summed E-state index contributed by atoms with van der Waals surface area (Å²) < 4.78 is 13.9. The van der Waals surface area contributed by atoms with Crippen molar-refractivity contribution in [3.63, 3.8) is 0 Å². The molecular formula is C27H27Br2ClN4O4. The highest BCUT2D eigenvalue weighted by Crippen LogP contribution is 2.35. The normalized spacial score (nSPS) is 16.9. The molecule has 11 heteroatoms. The van der Waals surface area contributed by atoms with Crippen molar-refractivity contribution in [1.29, 1.82) is 0 Å². The number of hydrogen-bond donors (Lipinski definition) is 0. The van der Waals surface area contributed by atoms with Crippen molar-refractivity contribution in [3.8, 4) is 5.75 Å². The summed E-state index contributed by atoms with van der Waals surface area (Å²) in [4.78, 5) is 32.6. The summed E-state index contributed by atoms with van der Waals surface area (Å²) in [7, 11) is 0. The molecule has 0 radical (unpaired) electrons. The van der Waals surface area contributed by atoms with Crippen LogP contribution in [0.25, 0.3) is 10.9 Å². The van der Waals surface area contributed by atoms with Crippen molar-refractivity contribution in [1.82, 2.24) is 14.6 Å². The molecule has 2 fully saturated rings. The highest BCUT2D eigenvalue weighted by atomic mass is 79.9. The zero-order valence-corrected chi connectivity index (χ0v) is 24.6. The Bertz CT molecular complexity index is 1410. The second-order valence-corrected chi connectivity index (χ2v) is 11.6. The molecule has 2 heterocycles. The number of halogens is 3. The fourth-order valence-electron chi connectivity index (χ4n) is 4.86. The SMILES string of the molecule is O=C(COc1c(Cl)cc(C=Nn2c(C3CCCCC3)nc3ccc(Br)cc3c2=O)cc1Br)N1CCOCC1. The van der Waals surface area contributed by atoms with E-state index in [1.807, 2.05) is 12.1 Å². The summed E-state index contributed by atoms with van der Waals surface area (Å²) >= 11 is 13.5. The number of carbonyl (C=O) groups excluding carboxylic acids is 1. The molecule has 0 unspecified atom stereocenters. The maximum absolute atomic E-state index is 13.5. The van der Waals surface area contributed by atoms with Crippen LogP contribution in [0.3, 0.4) is 0 Å². The smallest absolute Gasteiger partial charge is 0.282 e. The van der Waals surface area contributed by atoms with Crippen LogP contribution in [-0.4, -0.2) is 59.6 Å². The molecule has 1 aliphatic heterocycles. The van der Waals surface area contributed by atoms with Gasteiger partial charge in [-0.05, 0) is 64.7 Å². The van der Waals surface area contributed by atoms with E-state index in [0.717, 1.165) is 30.2 Å². The number of amides is 1. The number of hydrogen-bond acceptors (Lipinski definition) is 6. The van der Waals surface area contributed by atoms with Crippen LogP contribution < -0.4 is 10.3 Å². The molecule has 0 atom stereocenters. The second kappa shape index (κ2) is 12.3. The van der Waals surface area contributed by atoms with Crippen LogP contribution in [0.1, 0.15) is 49.4 Å². The van der Waals surface area contributed by atoms with Gasteiger partial charge in [0.1, 0.15) is 5.82 Å². The van der Waals surface area contributed by atoms with E-state index in [0.29, 0.717) is 63.8 Å². The molecule has 5 rings (SSSR count). The number of benzene rings is 2. The molecule has 0 spiro atoms. The maximum Gasteiger partial charge on any atom is 0.282 e. The van der Waals surface area contributed by atoms with Gasteiger partial charge in [-0.25, -0.2) is 4.98 Å². The number of morpholine rings is 1. The lowest BCUT2D eigenvalue weighted by molar-refractivity contribution is -0.137. The summed E-state index contributed by atoms with van der Waals surface area (Å²) in [5, 5.41) is 5.42. The first-order valence-electron chi connectivity index (χ1n) is 12.6. The van der Waals surface area contributed by atoms with E-state index >= 15 is 0 Å². The lowest BCUT2D eigenvalue weighted by Crippen LogP contribution is -2.43. The van der Waals surface area contributed by atoms with E-state index in [2.05, 4.69) is 37.0 Å². The fourth-order valence-corrected chi connectivity index (χ4v) is 6.21. The Morgan fingerprint density at radius 1 is 1.16 bits per heavy atom. The van der Waals surface area contributed by atoms with Gasteiger partial charge in [0.25, 0.3) is 11.5 Å². The first-order chi connectivity index (χ1) is 18.4. The Kier molecular flexibility index (Phi) is 8.82. The number of carbonyl (C=O) groups is 1. The average molecular weight is 667 g/mol. The Balaban J connectivity index is 1.42. The minimum absolute atomic E-state index is 0.119. The minimum Gasteiger partial charge on any atom is -0.481 e. The van der Waals surface area contributed by atoms with Crippen molar-refractivity contribution in [2.75, 3.05) is 32.9 Å². The molecule has 1 aromatic heterocycles. The molecule has 0 bridgehead atoms. The van der Waals surface area contributed by atoms with Crippen molar-refractivity contribution in [3.05, 3.63) is 66.0 Å². The van der Waals surface area contributed by atoms with Gasteiger partial charge in [-0.1, -0.05) is 46.8 Å². The molecule has 1 aliphatic carbocycles. The largest absolute Gasteiger partial charge is 0.481 e. The van der Waals surface area contributed by atoms with Crippen molar-refractivity contribution >= 4 is 66.5 Å². The first kappa shape index (κ1) is 27.3. The molecule has 1 saturated heterocycles. The van der Waals surface area contributed by atoms with Gasteiger partial charge in [-0.2, -0.15) is 9.78 Å². The zero-order chi connectivity index (χ0) is 26.6. The summed E-state index contributed by atoms with van der Waals surface area (Å²) in [6.45, 7) is 2.04. The Labute approximate surface area is 242 Å². The van der Waals surface area contributed by atoms with E-state index in [-0.39, 0.29) is 24.0 Å². The molecule has 3 aromatic rings. The van der Waals surface area contributed by atoms with E-state index in [1.54, 1.807) is 29.3 Å². The quantitative estimate of drug-likeness (QED) is 0.313. The summed E-state index contributed by atoms with van der Waals surface area (Å²) in [6, 6.07) is 9.02. The van der Waals surface area contributed by atoms with Crippen LogP contribution in [0.4, 0.5) is 0 Å². The van der Waals surface area contributed by atoms with Crippen LogP contribution in [0.5, 0.6) is 5.75 Å². The highest BCUT2D eigenvalue weighted by molar-refractivity contribution is 9.10. The number of ether oxygens (including phenoxy) is 2. The topological polar surface area (TPSA) is 86.0 Å². The van der Waals surface area contributed by atoms with Crippen molar-refractivity contribution < 1.29 is 14.3 Å². The molecule has 1 amide bonds. The maximum atomic E-state index is 13.5. The fraction of sp³-hybridized carbons (Fsp3) is 0.407. The van der Waals surface area contributed by atoms with Gasteiger partial charge < -0.3 is 14.4 Å². The molecule has 0 N–H and O–H groups in total. The summed E-state index contributed by atoms with van der Waals surface area (Å²) in [5.74, 6) is 1.12. The number of rotatable bonds is 6. The van der Waals surface area contributed by atoms with E-state index in [4.69, 9.17) is 26.1 Å². The molecule has 200 valence electrons. The second-order valence-electron chi connectivity index (χ2n) is 9.42. The zero-order valence-electron chi connectivity index (χ0n) is 20.7. The van der Waals surface area contributed by atoms with Crippen LogP contribution >= 0.6 is 43.5 Å². The van der Waals surface area contributed by atoms with Crippen LogP contribution in [0.15, 0.2) is 49.2 Å². The lowest BCUT2D eigenvalue weighted by Gasteiger charge is -2.26. The van der Waals surface area contributed by atoms with Gasteiger partial charge in [-0.3, -0.25) is 9.59 Å². The molecule has 8 nitrogen and oxygen atoms in total. The van der Waals surface area contributed by atoms with Gasteiger partial charge in [0, 0.05) is 23.5 Å². The number of nitrogens with zero attached hydrogens (tertiary/aromatic N) is 4. The third-order valence-electron chi connectivity index (χ3n) is 6.85. The van der Waals surface area contributed by atoms with Gasteiger partial charge in [0.15, 0.2) is 12.4 Å². The van der Waals surface area contributed by atoms with Gasteiger partial charge in [0.2, 0.25) is 0 Å². The summed E-state index contributed by atoms with van der Waals surface area (Å²) in [5.41, 5.74) is 1.13. The lowest BCUT2D eigenvalue weighted by atomic mass is 9.88. The van der Waals surface area contributed by atoms with Crippen LogP contribution in [0.2, 0.25) is 5.02 Å². The van der Waals surface area contributed by atoms with E-state index < -0.39 is 0 Å². The minimum atomic E-state index is -0.208. The van der Waals surface area contributed by atoms with Gasteiger partial charge in [-0.15, -0.1) is 0 Å². The van der Waals surface area contributed by atoms with Gasteiger partial charge >= 0.3 is 0 Å². The monoisotopic (exact) mass is 664 g/mol. The van der Waals surface area contributed by atoms with Gasteiger partial charge in [0.05, 0.1) is 39.8 Å². The number of aromatic nitrogens is 2. The Hall–Kier alpha value is -2.27. The number of fused-ring (bicyclic) bond motifs is 1. The van der Waals surface area contributed by atoms with E-state index in [9.17, 15) is 9.59 Å². The predicted octanol–water partition coefficient (Wildman–Crippen LogP) is 5.74. The van der Waals surface area contributed by atoms with Crippen LogP contribution in [-0.2, 0) is 9.53 Å². The molecule has 38 heavy (non-hydrogen) atoms. The Morgan fingerprint density at radius 2 is 1.92 bits per heavy atom. The molecular weight excluding hydrogens is 640 g/mol. The molecule has 1 saturated carbocycles. The molecule has 2 aromatic carbocycles. The third-order valence-corrected chi connectivity index (χ3v) is 8.21. The third kappa shape index (κ3) is 6.14. The van der Waals surface area contributed by atoms with Crippen LogP contribution in [0, 0.1) is 0 Å². The predicted molar refractivity (Wildman–Crippen MR) is 155 cm³/mol. The van der Waals surface area contributed by atoms with Crippen molar-refractivity contribution in [2.45, 2.75) is 38.0 Å². The molecule has 2 aliphatic rings. The van der Waals surface area contributed by atoms with Crippen molar-refractivity contribution in [2.24, 2.45) is 5.10 Å². The standard InChI is InChI=1S/C27H27Br2ClN4O4/c28-19-6-7-23-20(14-19)27(36)34(26(32-23)18-4-2-1-3-5-18)31-15-17-12-21(29)25(22(30)13-17)38-16-24(35)33-8-10-37-11-9-33/h6-7,12-15,18H,1-5,8-11,16H2. The summed E-state index contributed by atoms with van der Waals surface area (Å²) in [6.07, 6.45) is 6.98. The Morgan fingerprint density at radius 3 is 2.66 bits per heavy atom. The highest BCUT2D eigenvalue weighted by Gasteiger charge is 2.23. The first-order valence-corrected chi connectivity index (χ1v) is 14.6.